The van der Waals surface area contributed by atoms with Crippen LogP contribution in [0.2, 0.25) is 0 Å². The van der Waals surface area contributed by atoms with Crippen LogP contribution in [0.5, 0.6) is 5.75 Å². The average Bonchev–Trinajstić information content (AvgIpc) is 3.45. The van der Waals surface area contributed by atoms with Crippen LogP contribution < -0.4 is 15.0 Å². The lowest BCUT2D eigenvalue weighted by molar-refractivity contribution is 0.0979. The molecule has 2 fully saturated rings. The Balaban J connectivity index is 1.39. The van der Waals surface area contributed by atoms with Crippen molar-refractivity contribution in [2.24, 2.45) is 0 Å². The minimum atomic E-state index is -0.291. The van der Waals surface area contributed by atoms with Crippen molar-refractivity contribution in [2.45, 2.75) is 25.5 Å². The van der Waals surface area contributed by atoms with Crippen LogP contribution in [0.25, 0.3) is 11.0 Å². The summed E-state index contributed by atoms with van der Waals surface area (Å²) < 4.78 is 28.5. The summed E-state index contributed by atoms with van der Waals surface area (Å²) in [5.74, 6) is 0.661. The number of anilines is 3. The van der Waals surface area contributed by atoms with Crippen LogP contribution in [0.4, 0.5) is 21.7 Å². The summed E-state index contributed by atoms with van der Waals surface area (Å²) in [6, 6.07) is 5.21. The van der Waals surface area contributed by atoms with Gasteiger partial charge in [-0.1, -0.05) is 0 Å². The summed E-state index contributed by atoms with van der Waals surface area (Å²) >= 11 is 0. The molecule has 32 heavy (non-hydrogen) atoms. The topological polar surface area (TPSA) is 67.7 Å². The molecule has 0 radical (unpaired) electrons. The van der Waals surface area contributed by atoms with Crippen molar-refractivity contribution in [1.82, 2.24) is 19.4 Å². The molecule has 1 aromatic carbocycles. The second-order valence-corrected chi connectivity index (χ2v) is 8.49. The molecule has 0 aliphatic carbocycles. The molecular weight excluding hydrogens is 411 g/mol. The van der Waals surface area contributed by atoms with E-state index >= 15 is 4.39 Å². The van der Waals surface area contributed by atoms with Crippen molar-refractivity contribution in [3.63, 3.8) is 0 Å². The molecule has 2 saturated heterocycles. The highest BCUT2D eigenvalue weighted by Crippen LogP contribution is 2.34. The van der Waals surface area contributed by atoms with Gasteiger partial charge in [-0.25, -0.2) is 9.37 Å². The first kappa shape index (κ1) is 21.0. The monoisotopic (exact) mass is 440 g/mol. The SMILES string of the molecule is COc1cc(N2CCN(C)CC2)c(F)cc1Nc1ncc2ccn(C[C@H]3CCCO3)c2n1. The highest BCUT2D eigenvalue weighted by atomic mass is 19.1. The van der Waals surface area contributed by atoms with E-state index in [1.54, 1.807) is 19.4 Å². The van der Waals surface area contributed by atoms with E-state index in [1.165, 1.54) is 6.07 Å². The molecule has 0 unspecified atom stereocenters. The van der Waals surface area contributed by atoms with Gasteiger partial charge in [-0.15, -0.1) is 0 Å². The van der Waals surface area contributed by atoms with Crippen molar-refractivity contribution in [3.05, 3.63) is 36.4 Å². The summed E-state index contributed by atoms with van der Waals surface area (Å²) in [5, 5.41) is 4.10. The number of nitrogens with one attached hydrogen (secondary N) is 1. The Morgan fingerprint density at radius 1 is 1.25 bits per heavy atom. The van der Waals surface area contributed by atoms with Crippen molar-refractivity contribution in [2.75, 3.05) is 57.2 Å². The minimum absolute atomic E-state index is 0.216. The lowest BCUT2D eigenvalue weighted by Gasteiger charge is -2.34. The van der Waals surface area contributed by atoms with Gasteiger partial charge in [0.2, 0.25) is 5.95 Å². The van der Waals surface area contributed by atoms with Crippen molar-refractivity contribution >= 4 is 28.4 Å². The van der Waals surface area contributed by atoms with Gasteiger partial charge in [-0.05, 0) is 26.0 Å². The number of nitrogens with zero attached hydrogens (tertiary/aromatic N) is 5. The third-order valence-electron chi connectivity index (χ3n) is 6.29. The fraction of sp³-hybridized carbons (Fsp3) is 0.478. The molecule has 8 nitrogen and oxygen atoms in total. The lowest BCUT2D eigenvalue weighted by Crippen LogP contribution is -2.44. The van der Waals surface area contributed by atoms with Crippen LogP contribution in [-0.4, -0.2) is 72.5 Å². The lowest BCUT2D eigenvalue weighted by atomic mass is 10.2. The zero-order valence-electron chi connectivity index (χ0n) is 18.6. The Morgan fingerprint density at radius 3 is 2.84 bits per heavy atom. The number of methoxy groups -OCH3 is 1. The van der Waals surface area contributed by atoms with E-state index in [0.29, 0.717) is 23.1 Å². The third-order valence-corrected chi connectivity index (χ3v) is 6.29. The van der Waals surface area contributed by atoms with Gasteiger partial charge in [0, 0.05) is 62.7 Å². The predicted molar refractivity (Wildman–Crippen MR) is 122 cm³/mol. The maximum absolute atomic E-state index is 15.0. The van der Waals surface area contributed by atoms with Gasteiger partial charge in [0.05, 0.1) is 31.1 Å². The number of piperazine rings is 1. The van der Waals surface area contributed by atoms with Gasteiger partial charge in [0.1, 0.15) is 17.2 Å². The van der Waals surface area contributed by atoms with E-state index < -0.39 is 0 Å². The molecule has 0 amide bonds. The molecular formula is C23H29FN6O2. The van der Waals surface area contributed by atoms with Gasteiger partial charge < -0.3 is 29.2 Å². The quantitative estimate of drug-likeness (QED) is 0.631. The van der Waals surface area contributed by atoms with Gasteiger partial charge in [-0.3, -0.25) is 0 Å². The number of ether oxygens (including phenoxy) is 2. The van der Waals surface area contributed by atoms with Crippen LogP contribution >= 0.6 is 0 Å². The fourth-order valence-corrected chi connectivity index (χ4v) is 4.41. The van der Waals surface area contributed by atoms with Crippen LogP contribution in [0.1, 0.15) is 12.8 Å². The highest BCUT2D eigenvalue weighted by Gasteiger charge is 2.21. The van der Waals surface area contributed by atoms with E-state index in [1.807, 2.05) is 12.3 Å². The number of hydrogen-bond acceptors (Lipinski definition) is 7. The number of fused-ring (bicyclic) bond motifs is 1. The fourth-order valence-electron chi connectivity index (χ4n) is 4.41. The summed E-state index contributed by atoms with van der Waals surface area (Å²) in [6.07, 6.45) is 6.16. The summed E-state index contributed by atoms with van der Waals surface area (Å²) in [5.41, 5.74) is 1.88. The number of halogens is 1. The first-order valence-corrected chi connectivity index (χ1v) is 11.1. The van der Waals surface area contributed by atoms with E-state index in [4.69, 9.17) is 9.47 Å². The van der Waals surface area contributed by atoms with Crippen LogP contribution in [-0.2, 0) is 11.3 Å². The summed E-state index contributed by atoms with van der Waals surface area (Å²) in [6.45, 7) is 4.96. The van der Waals surface area contributed by atoms with E-state index in [9.17, 15) is 0 Å². The van der Waals surface area contributed by atoms with Crippen LogP contribution in [0, 0.1) is 5.82 Å². The number of rotatable bonds is 6. The summed E-state index contributed by atoms with van der Waals surface area (Å²) in [7, 11) is 3.67. The van der Waals surface area contributed by atoms with Gasteiger partial charge in [0.25, 0.3) is 0 Å². The average molecular weight is 441 g/mol. The molecule has 4 heterocycles. The molecule has 3 aromatic rings. The van der Waals surface area contributed by atoms with Crippen molar-refractivity contribution < 1.29 is 13.9 Å². The maximum atomic E-state index is 15.0. The Kier molecular flexibility index (Phi) is 5.84. The van der Waals surface area contributed by atoms with Gasteiger partial charge in [-0.2, -0.15) is 4.98 Å². The highest BCUT2D eigenvalue weighted by molar-refractivity contribution is 5.77. The maximum Gasteiger partial charge on any atom is 0.229 e. The molecule has 2 aliphatic rings. The summed E-state index contributed by atoms with van der Waals surface area (Å²) in [4.78, 5) is 13.4. The molecule has 1 atom stereocenters. The third kappa shape index (κ3) is 4.22. The smallest absolute Gasteiger partial charge is 0.229 e. The molecule has 0 bridgehead atoms. The standard InChI is InChI=1S/C23H29FN6O2/c1-28-7-9-29(10-8-28)20-13-21(31-2)19(12-18(20)24)26-23-25-14-16-5-6-30(22(16)27-23)15-17-4-3-11-32-17/h5-6,12-14,17H,3-4,7-11,15H2,1-2H3,(H,25,26,27)/t17-/m1/s1. The molecule has 1 N–H and O–H groups in total. The molecule has 2 aromatic heterocycles. The normalized spacial score (nSPS) is 19.6. The minimum Gasteiger partial charge on any atom is -0.494 e. The first-order valence-electron chi connectivity index (χ1n) is 11.1. The zero-order chi connectivity index (χ0) is 22.1. The van der Waals surface area contributed by atoms with Crippen LogP contribution in [0.15, 0.2) is 30.6 Å². The number of benzene rings is 1. The van der Waals surface area contributed by atoms with Gasteiger partial charge >= 0.3 is 0 Å². The largest absolute Gasteiger partial charge is 0.494 e. The second-order valence-electron chi connectivity index (χ2n) is 8.49. The zero-order valence-corrected chi connectivity index (χ0v) is 18.6. The van der Waals surface area contributed by atoms with Gasteiger partial charge in [0.15, 0.2) is 0 Å². The number of hydrogen-bond donors (Lipinski definition) is 1. The first-order chi connectivity index (χ1) is 15.6. The molecule has 0 spiro atoms. The Labute approximate surface area is 186 Å². The Morgan fingerprint density at radius 2 is 2.09 bits per heavy atom. The van der Waals surface area contributed by atoms with Crippen molar-refractivity contribution in [3.8, 4) is 5.75 Å². The molecule has 5 rings (SSSR count). The molecule has 0 saturated carbocycles. The Bertz CT molecular complexity index is 1090. The van der Waals surface area contributed by atoms with E-state index in [2.05, 4.69) is 36.7 Å². The van der Waals surface area contributed by atoms with Crippen molar-refractivity contribution in [1.29, 1.82) is 0 Å². The second kappa shape index (κ2) is 8.91. The number of aromatic nitrogens is 3. The number of likely N-dealkylation sites (N-methyl/N-ethyl adjacent to an activating group) is 1. The molecule has 2 aliphatic heterocycles. The Hall–Kier alpha value is -2.91. The van der Waals surface area contributed by atoms with E-state index in [0.717, 1.165) is 63.2 Å². The van der Waals surface area contributed by atoms with E-state index in [-0.39, 0.29) is 11.9 Å². The van der Waals surface area contributed by atoms with Crippen LogP contribution in [0.3, 0.4) is 0 Å². The predicted octanol–water partition coefficient (Wildman–Crippen LogP) is 3.25. The molecule has 9 heteroatoms. The molecule has 170 valence electrons.